The van der Waals surface area contributed by atoms with Gasteiger partial charge in [0.15, 0.2) is 5.65 Å². The van der Waals surface area contributed by atoms with Crippen LogP contribution < -0.4 is 4.90 Å². The van der Waals surface area contributed by atoms with E-state index in [9.17, 15) is 0 Å². The molecule has 0 radical (unpaired) electrons. The first kappa shape index (κ1) is 15.0. The lowest BCUT2D eigenvalue weighted by Gasteiger charge is -2.43. The summed E-state index contributed by atoms with van der Waals surface area (Å²) < 4.78 is 1.73. The molecule has 4 rings (SSSR count). The summed E-state index contributed by atoms with van der Waals surface area (Å²) in [4.78, 5) is 9.11. The van der Waals surface area contributed by atoms with Crippen molar-refractivity contribution in [1.82, 2.24) is 29.7 Å². The molecule has 4 heterocycles. The first-order chi connectivity index (χ1) is 11.7. The molecule has 1 fully saturated rings. The highest BCUT2D eigenvalue weighted by molar-refractivity contribution is 5.46. The standard InChI is InChI=1S/C17H21N7/c1-13-11-22(14(2)15-4-3-7-18-10-15)8-9-23(13)17-6-5-16-20-19-12-24(16)21-17/h3-7,10,12-14H,8-9,11H2,1-2H3/t13-,14+/m0/s1. The van der Waals surface area contributed by atoms with Crippen LogP contribution >= 0.6 is 0 Å². The summed E-state index contributed by atoms with van der Waals surface area (Å²) in [6, 6.07) is 8.91. The smallest absolute Gasteiger partial charge is 0.177 e. The molecule has 0 bridgehead atoms. The topological polar surface area (TPSA) is 62.5 Å². The van der Waals surface area contributed by atoms with Gasteiger partial charge in [0.2, 0.25) is 0 Å². The molecule has 24 heavy (non-hydrogen) atoms. The fraction of sp³-hybridized carbons (Fsp3) is 0.412. The van der Waals surface area contributed by atoms with Crippen LogP contribution in [-0.4, -0.2) is 55.4 Å². The lowest BCUT2D eigenvalue weighted by atomic mass is 10.1. The molecule has 3 aromatic heterocycles. The average molecular weight is 323 g/mol. The Labute approximate surface area is 140 Å². The van der Waals surface area contributed by atoms with Gasteiger partial charge in [-0.3, -0.25) is 9.88 Å². The Balaban J connectivity index is 1.50. The van der Waals surface area contributed by atoms with Gasteiger partial charge in [-0.25, -0.2) is 0 Å². The van der Waals surface area contributed by atoms with E-state index >= 15 is 0 Å². The zero-order valence-corrected chi connectivity index (χ0v) is 13.9. The molecule has 1 saturated heterocycles. The van der Waals surface area contributed by atoms with E-state index < -0.39 is 0 Å². The van der Waals surface area contributed by atoms with Crippen molar-refractivity contribution < 1.29 is 0 Å². The predicted octanol–water partition coefficient (Wildman–Crippen LogP) is 1.79. The summed E-state index contributed by atoms with van der Waals surface area (Å²) in [6.45, 7) is 7.45. The van der Waals surface area contributed by atoms with Crippen LogP contribution in [0.15, 0.2) is 43.0 Å². The van der Waals surface area contributed by atoms with Crippen LogP contribution in [0.4, 0.5) is 5.82 Å². The summed E-state index contributed by atoms with van der Waals surface area (Å²) in [5.74, 6) is 0.975. The quantitative estimate of drug-likeness (QED) is 0.732. The van der Waals surface area contributed by atoms with E-state index in [4.69, 9.17) is 0 Å². The number of nitrogens with zero attached hydrogens (tertiary/aromatic N) is 7. The SMILES string of the molecule is C[C@H](c1cccnc1)N1CCN(c2ccc3nncn3n2)[C@@H](C)C1. The van der Waals surface area contributed by atoms with Gasteiger partial charge in [0.05, 0.1) is 0 Å². The molecule has 0 aromatic carbocycles. The monoisotopic (exact) mass is 323 g/mol. The van der Waals surface area contributed by atoms with E-state index in [-0.39, 0.29) is 0 Å². The van der Waals surface area contributed by atoms with Gasteiger partial charge in [0, 0.05) is 44.1 Å². The van der Waals surface area contributed by atoms with Crippen molar-refractivity contribution in [2.45, 2.75) is 25.9 Å². The van der Waals surface area contributed by atoms with Gasteiger partial charge in [0.1, 0.15) is 12.1 Å². The van der Waals surface area contributed by atoms with E-state index in [0.717, 1.165) is 31.1 Å². The summed E-state index contributed by atoms with van der Waals surface area (Å²) in [5, 5.41) is 12.5. The van der Waals surface area contributed by atoms with Gasteiger partial charge in [-0.15, -0.1) is 15.3 Å². The first-order valence-electron chi connectivity index (χ1n) is 8.30. The number of piperazine rings is 1. The van der Waals surface area contributed by atoms with Gasteiger partial charge >= 0.3 is 0 Å². The van der Waals surface area contributed by atoms with E-state index in [1.54, 1.807) is 10.8 Å². The summed E-state index contributed by atoms with van der Waals surface area (Å²) in [6.07, 6.45) is 5.43. The number of anilines is 1. The maximum absolute atomic E-state index is 4.63. The van der Waals surface area contributed by atoms with Crippen molar-refractivity contribution in [3.63, 3.8) is 0 Å². The molecular formula is C17H21N7. The van der Waals surface area contributed by atoms with E-state index in [0.29, 0.717) is 12.1 Å². The Morgan fingerprint density at radius 1 is 1.21 bits per heavy atom. The summed E-state index contributed by atoms with van der Waals surface area (Å²) in [7, 11) is 0. The Bertz CT molecular complexity index is 816. The zero-order chi connectivity index (χ0) is 16.5. The van der Waals surface area contributed by atoms with Crippen molar-refractivity contribution in [3.8, 4) is 0 Å². The fourth-order valence-electron chi connectivity index (χ4n) is 3.38. The van der Waals surface area contributed by atoms with Crippen molar-refractivity contribution in [2.24, 2.45) is 0 Å². The number of fused-ring (bicyclic) bond motifs is 1. The minimum Gasteiger partial charge on any atom is -0.350 e. The lowest BCUT2D eigenvalue weighted by molar-refractivity contribution is 0.175. The highest BCUT2D eigenvalue weighted by Crippen LogP contribution is 2.25. The molecular weight excluding hydrogens is 302 g/mol. The van der Waals surface area contributed by atoms with Crippen LogP contribution in [0.25, 0.3) is 5.65 Å². The third-order valence-electron chi connectivity index (χ3n) is 4.82. The van der Waals surface area contributed by atoms with Crippen molar-refractivity contribution in [1.29, 1.82) is 0 Å². The largest absolute Gasteiger partial charge is 0.350 e. The molecule has 0 spiro atoms. The average Bonchev–Trinajstić information content (AvgIpc) is 3.09. The normalized spacial score (nSPS) is 20.4. The zero-order valence-electron chi connectivity index (χ0n) is 13.9. The third-order valence-corrected chi connectivity index (χ3v) is 4.82. The molecule has 0 unspecified atom stereocenters. The van der Waals surface area contributed by atoms with E-state index in [2.05, 4.69) is 50.0 Å². The summed E-state index contributed by atoms with van der Waals surface area (Å²) >= 11 is 0. The van der Waals surface area contributed by atoms with Crippen LogP contribution in [-0.2, 0) is 0 Å². The number of pyridine rings is 1. The minimum absolute atomic E-state index is 0.372. The Kier molecular flexibility index (Phi) is 3.86. The van der Waals surface area contributed by atoms with E-state index in [1.165, 1.54) is 5.56 Å². The fourth-order valence-corrected chi connectivity index (χ4v) is 3.38. The molecule has 0 N–H and O–H groups in total. The van der Waals surface area contributed by atoms with Gasteiger partial charge in [-0.2, -0.15) is 4.52 Å². The second-order valence-corrected chi connectivity index (χ2v) is 6.32. The molecule has 2 atom stereocenters. The summed E-state index contributed by atoms with van der Waals surface area (Å²) in [5.41, 5.74) is 2.04. The van der Waals surface area contributed by atoms with Gasteiger partial charge in [-0.1, -0.05) is 6.07 Å². The van der Waals surface area contributed by atoms with Crippen LogP contribution in [0.5, 0.6) is 0 Å². The Morgan fingerprint density at radius 2 is 2.12 bits per heavy atom. The van der Waals surface area contributed by atoms with Crippen molar-refractivity contribution >= 4 is 11.5 Å². The van der Waals surface area contributed by atoms with Crippen LogP contribution in [0.2, 0.25) is 0 Å². The Hall–Kier alpha value is -2.54. The molecule has 1 aliphatic heterocycles. The maximum atomic E-state index is 4.63. The molecule has 0 amide bonds. The highest BCUT2D eigenvalue weighted by Gasteiger charge is 2.28. The van der Waals surface area contributed by atoms with Crippen LogP contribution in [0, 0.1) is 0 Å². The Morgan fingerprint density at radius 3 is 2.92 bits per heavy atom. The van der Waals surface area contributed by atoms with Crippen molar-refractivity contribution in [3.05, 3.63) is 48.5 Å². The van der Waals surface area contributed by atoms with Gasteiger partial charge in [-0.05, 0) is 37.6 Å². The second-order valence-electron chi connectivity index (χ2n) is 6.32. The lowest BCUT2D eigenvalue weighted by Crippen LogP contribution is -2.52. The third kappa shape index (κ3) is 2.71. The van der Waals surface area contributed by atoms with Crippen molar-refractivity contribution in [2.75, 3.05) is 24.5 Å². The number of rotatable bonds is 3. The molecule has 0 saturated carbocycles. The molecule has 0 aliphatic carbocycles. The molecule has 1 aliphatic rings. The maximum Gasteiger partial charge on any atom is 0.177 e. The van der Waals surface area contributed by atoms with E-state index in [1.807, 2.05) is 30.6 Å². The number of hydrogen-bond acceptors (Lipinski definition) is 6. The first-order valence-corrected chi connectivity index (χ1v) is 8.30. The molecule has 124 valence electrons. The predicted molar refractivity (Wildman–Crippen MR) is 91.8 cm³/mol. The minimum atomic E-state index is 0.372. The second kappa shape index (κ2) is 6.16. The van der Waals surface area contributed by atoms with Crippen LogP contribution in [0.1, 0.15) is 25.5 Å². The molecule has 7 nitrogen and oxygen atoms in total. The molecule has 7 heteroatoms. The molecule has 3 aromatic rings. The van der Waals surface area contributed by atoms with Gasteiger partial charge in [0.25, 0.3) is 0 Å². The van der Waals surface area contributed by atoms with Gasteiger partial charge < -0.3 is 4.90 Å². The number of hydrogen-bond donors (Lipinski definition) is 0. The number of aromatic nitrogens is 5. The highest BCUT2D eigenvalue weighted by atomic mass is 15.4. The van der Waals surface area contributed by atoms with Crippen LogP contribution in [0.3, 0.4) is 0 Å².